The van der Waals surface area contributed by atoms with E-state index < -0.39 is 10.0 Å². The number of hydrogen-bond donors (Lipinski definition) is 2. The zero-order valence-corrected chi connectivity index (χ0v) is 14.4. The maximum absolute atomic E-state index is 12.4. The van der Waals surface area contributed by atoms with Gasteiger partial charge in [0.25, 0.3) is 0 Å². The second-order valence-electron chi connectivity index (χ2n) is 6.32. The fourth-order valence-corrected chi connectivity index (χ4v) is 3.55. The van der Waals surface area contributed by atoms with Crippen LogP contribution in [0.15, 0.2) is 17.2 Å². The van der Waals surface area contributed by atoms with Crippen molar-refractivity contribution in [2.45, 2.75) is 71.0 Å². The number of rotatable bonds is 8. The zero-order chi connectivity index (χ0) is 16.2. The van der Waals surface area contributed by atoms with Gasteiger partial charge in [-0.25, -0.2) is 13.1 Å². The number of nitrogens with one attached hydrogen (secondary N) is 1. The van der Waals surface area contributed by atoms with Gasteiger partial charge in [0.15, 0.2) is 0 Å². The molecule has 6 heteroatoms. The molecule has 1 heterocycles. The molecule has 1 aromatic rings. The fourth-order valence-electron chi connectivity index (χ4n) is 2.23. The Morgan fingerprint density at radius 1 is 1.19 bits per heavy atom. The van der Waals surface area contributed by atoms with Crippen LogP contribution >= 0.6 is 0 Å². The number of aliphatic hydroxyl groups is 1. The van der Waals surface area contributed by atoms with E-state index in [0.29, 0.717) is 11.6 Å². The summed E-state index contributed by atoms with van der Waals surface area (Å²) in [6.45, 7) is 9.86. The Morgan fingerprint density at radius 3 is 2.24 bits per heavy atom. The number of aliphatic hydroxyl groups excluding tert-OH is 1. The molecule has 0 aliphatic carbocycles. The molecule has 0 aliphatic rings. The second kappa shape index (κ2) is 7.42. The largest absolute Gasteiger partial charge is 0.390 e. The molecule has 0 radical (unpaired) electrons. The van der Waals surface area contributed by atoms with Crippen LogP contribution in [0.2, 0.25) is 0 Å². The Labute approximate surface area is 128 Å². The van der Waals surface area contributed by atoms with Crippen molar-refractivity contribution in [1.29, 1.82) is 0 Å². The molecule has 0 aromatic carbocycles. The molecule has 0 bridgehead atoms. The first-order valence-electron chi connectivity index (χ1n) is 7.51. The standard InChI is InChI=1S/C15H28N2O3S/c1-11(2)6-7-13(5)16-21(19,20)15-8-14(10-18)17(9-15)12(3)4/h8-9,11-13,16,18H,6-7,10H2,1-5H3. The van der Waals surface area contributed by atoms with E-state index in [-0.39, 0.29) is 23.6 Å². The molecule has 122 valence electrons. The lowest BCUT2D eigenvalue weighted by Crippen LogP contribution is -2.32. The summed E-state index contributed by atoms with van der Waals surface area (Å²) in [5.74, 6) is 0.556. The first-order valence-corrected chi connectivity index (χ1v) is 8.99. The van der Waals surface area contributed by atoms with Gasteiger partial charge in [0, 0.05) is 24.0 Å². The maximum atomic E-state index is 12.4. The minimum absolute atomic E-state index is 0.0997. The Bertz CT molecular complexity index is 547. The van der Waals surface area contributed by atoms with Crippen molar-refractivity contribution in [2.75, 3.05) is 0 Å². The zero-order valence-electron chi connectivity index (χ0n) is 13.6. The van der Waals surface area contributed by atoms with Crippen molar-refractivity contribution in [3.05, 3.63) is 18.0 Å². The van der Waals surface area contributed by atoms with Crippen LogP contribution in [0.5, 0.6) is 0 Å². The Kier molecular flexibility index (Phi) is 6.43. The van der Waals surface area contributed by atoms with Gasteiger partial charge in [0.1, 0.15) is 0 Å². The minimum atomic E-state index is -3.53. The van der Waals surface area contributed by atoms with Crippen molar-refractivity contribution < 1.29 is 13.5 Å². The van der Waals surface area contributed by atoms with E-state index >= 15 is 0 Å². The molecule has 0 saturated carbocycles. The molecule has 21 heavy (non-hydrogen) atoms. The van der Waals surface area contributed by atoms with Gasteiger partial charge in [-0.05, 0) is 45.6 Å². The minimum Gasteiger partial charge on any atom is -0.390 e. The van der Waals surface area contributed by atoms with Crippen LogP contribution < -0.4 is 4.72 Å². The summed E-state index contributed by atoms with van der Waals surface area (Å²) < 4.78 is 29.3. The highest BCUT2D eigenvalue weighted by Gasteiger charge is 2.21. The predicted octanol–water partition coefficient (Wildman–Crippen LogP) is 2.66. The summed E-state index contributed by atoms with van der Waals surface area (Å²) in [6.07, 6.45) is 3.39. The summed E-state index contributed by atoms with van der Waals surface area (Å²) in [6, 6.07) is 1.55. The molecule has 0 saturated heterocycles. The van der Waals surface area contributed by atoms with Crippen LogP contribution in [0.1, 0.15) is 59.2 Å². The van der Waals surface area contributed by atoms with Gasteiger partial charge in [-0.15, -0.1) is 0 Å². The van der Waals surface area contributed by atoms with Gasteiger partial charge in [-0.2, -0.15) is 0 Å². The summed E-state index contributed by atoms with van der Waals surface area (Å²) in [4.78, 5) is 0.219. The Hall–Kier alpha value is -0.850. The highest BCUT2D eigenvalue weighted by molar-refractivity contribution is 7.89. The lowest BCUT2D eigenvalue weighted by atomic mass is 10.1. The van der Waals surface area contributed by atoms with Crippen LogP contribution in [0.3, 0.4) is 0 Å². The molecule has 0 aliphatic heterocycles. The van der Waals surface area contributed by atoms with E-state index in [2.05, 4.69) is 18.6 Å². The van der Waals surface area contributed by atoms with Gasteiger partial charge in [0.2, 0.25) is 10.0 Å². The molecule has 2 N–H and O–H groups in total. The van der Waals surface area contributed by atoms with E-state index in [1.807, 2.05) is 20.8 Å². The maximum Gasteiger partial charge on any atom is 0.242 e. The van der Waals surface area contributed by atoms with Crippen molar-refractivity contribution in [3.8, 4) is 0 Å². The number of sulfonamides is 1. The summed E-state index contributed by atoms with van der Waals surface area (Å²) in [5, 5.41) is 9.34. The molecule has 1 aromatic heterocycles. The van der Waals surface area contributed by atoms with Gasteiger partial charge in [-0.3, -0.25) is 0 Å². The third kappa shape index (κ3) is 5.13. The molecule has 0 spiro atoms. The van der Waals surface area contributed by atoms with E-state index in [1.54, 1.807) is 10.8 Å². The lowest BCUT2D eigenvalue weighted by Gasteiger charge is -2.14. The average Bonchev–Trinajstić information content (AvgIpc) is 2.80. The van der Waals surface area contributed by atoms with Gasteiger partial charge >= 0.3 is 0 Å². The summed E-state index contributed by atoms with van der Waals surface area (Å²) in [7, 11) is -3.53. The van der Waals surface area contributed by atoms with E-state index in [9.17, 15) is 13.5 Å². The predicted molar refractivity (Wildman–Crippen MR) is 84.6 cm³/mol. The molecule has 0 amide bonds. The quantitative estimate of drug-likeness (QED) is 0.774. The molecule has 1 atom stereocenters. The summed E-state index contributed by atoms with van der Waals surface area (Å²) in [5.41, 5.74) is 0.611. The van der Waals surface area contributed by atoms with Gasteiger partial charge in [-0.1, -0.05) is 13.8 Å². The second-order valence-corrected chi connectivity index (χ2v) is 8.03. The van der Waals surface area contributed by atoms with Crippen molar-refractivity contribution in [3.63, 3.8) is 0 Å². The molecular formula is C15H28N2O3S. The summed E-state index contributed by atoms with van der Waals surface area (Å²) >= 11 is 0. The van der Waals surface area contributed by atoms with Crippen LogP contribution in [0.25, 0.3) is 0 Å². The number of aromatic nitrogens is 1. The van der Waals surface area contributed by atoms with E-state index in [0.717, 1.165) is 12.8 Å². The van der Waals surface area contributed by atoms with Crippen LogP contribution in [-0.2, 0) is 16.6 Å². The molecular weight excluding hydrogens is 288 g/mol. The van der Waals surface area contributed by atoms with Crippen molar-refractivity contribution >= 4 is 10.0 Å². The first-order chi connectivity index (χ1) is 9.67. The van der Waals surface area contributed by atoms with Crippen molar-refractivity contribution in [2.24, 2.45) is 5.92 Å². The van der Waals surface area contributed by atoms with Crippen LogP contribution in [0, 0.1) is 5.92 Å². The first kappa shape index (κ1) is 18.2. The van der Waals surface area contributed by atoms with Gasteiger partial charge in [0.05, 0.1) is 11.5 Å². The smallest absolute Gasteiger partial charge is 0.242 e. The van der Waals surface area contributed by atoms with Crippen molar-refractivity contribution in [1.82, 2.24) is 9.29 Å². The Morgan fingerprint density at radius 2 is 1.81 bits per heavy atom. The number of nitrogens with zero attached hydrogens (tertiary/aromatic N) is 1. The third-order valence-electron chi connectivity index (χ3n) is 3.47. The highest BCUT2D eigenvalue weighted by Crippen LogP contribution is 2.19. The monoisotopic (exact) mass is 316 g/mol. The third-order valence-corrected chi connectivity index (χ3v) is 5.03. The van der Waals surface area contributed by atoms with E-state index in [1.165, 1.54) is 6.07 Å². The number of hydrogen-bond acceptors (Lipinski definition) is 3. The normalized spacial score (nSPS) is 14.1. The van der Waals surface area contributed by atoms with E-state index in [4.69, 9.17) is 0 Å². The molecule has 1 unspecified atom stereocenters. The molecule has 1 rings (SSSR count). The lowest BCUT2D eigenvalue weighted by molar-refractivity contribution is 0.268. The Balaban J connectivity index is 2.88. The molecule has 5 nitrogen and oxygen atoms in total. The molecule has 0 fully saturated rings. The average molecular weight is 316 g/mol. The fraction of sp³-hybridized carbons (Fsp3) is 0.733. The van der Waals surface area contributed by atoms with Crippen LogP contribution in [-0.4, -0.2) is 24.1 Å². The van der Waals surface area contributed by atoms with Gasteiger partial charge < -0.3 is 9.67 Å². The highest BCUT2D eigenvalue weighted by atomic mass is 32.2. The SMILES string of the molecule is CC(C)CCC(C)NS(=O)(=O)c1cc(CO)n(C(C)C)c1. The topological polar surface area (TPSA) is 71.3 Å². The van der Waals surface area contributed by atoms with Crippen LogP contribution in [0.4, 0.5) is 0 Å².